The molecule has 4 aromatic rings. The number of carbonyl (C=O) groups is 2. The van der Waals surface area contributed by atoms with Gasteiger partial charge in [-0.2, -0.15) is 0 Å². The Balaban J connectivity index is 1.45. The first-order valence-electron chi connectivity index (χ1n) is 14.0. The maximum Gasteiger partial charge on any atom is 0.430 e. The third-order valence-corrected chi connectivity index (χ3v) is 8.96. The van der Waals surface area contributed by atoms with Crippen LogP contribution in [-0.4, -0.2) is 67.3 Å². The number of pyridine rings is 1. The van der Waals surface area contributed by atoms with Crippen molar-refractivity contribution in [2.45, 2.75) is 31.3 Å². The predicted octanol–water partition coefficient (Wildman–Crippen LogP) is 6.46. The highest BCUT2D eigenvalue weighted by Crippen LogP contribution is 2.38. The molecule has 2 amide bonds. The number of rotatable bonds is 7. The van der Waals surface area contributed by atoms with E-state index in [0.29, 0.717) is 49.4 Å². The summed E-state index contributed by atoms with van der Waals surface area (Å²) in [4.78, 5) is 33.9. The van der Waals surface area contributed by atoms with Crippen LogP contribution in [0, 0.1) is 11.6 Å². The van der Waals surface area contributed by atoms with Crippen LogP contribution in [0.25, 0.3) is 11.1 Å². The van der Waals surface area contributed by atoms with Crippen molar-refractivity contribution in [1.29, 1.82) is 0 Å². The lowest BCUT2D eigenvalue weighted by Gasteiger charge is -2.26. The van der Waals surface area contributed by atoms with Gasteiger partial charge in [0.1, 0.15) is 22.1 Å². The second-order valence-corrected chi connectivity index (χ2v) is 14.0. The lowest BCUT2D eigenvalue weighted by molar-refractivity contribution is 0.0608. The molecule has 0 spiro atoms. The molecule has 3 heterocycles. The minimum atomic E-state index is -5.06. The fourth-order valence-electron chi connectivity index (χ4n) is 4.38. The standard InChI is InChI=1S/C30H28ClF2N5O7S2/c1-30(2,3)45-29(40)38(26-16-46-17-36-26)47(41,42)25-15-21(32)24(14-22(25)33)43-23-5-4-19(31)13-20(23)18-6-7-35-27(12-18)44-28(39)37-10-8-34-9-11-37/h4-7,12-17,34H,8-11H2,1-3H3. The summed E-state index contributed by atoms with van der Waals surface area (Å²) in [5.41, 5.74) is 0.871. The molecule has 2 aromatic heterocycles. The smallest absolute Gasteiger partial charge is 0.430 e. The predicted molar refractivity (Wildman–Crippen MR) is 170 cm³/mol. The van der Waals surface area contributed by atoms with Gasteiger partial charge in [0.25, 0.3) is 10.0 Å². The van der Waals surface area contributed by atoms with Crippen molar-refractivity contribution in [3.8, 4) is 28.5 Å². The number of nitrogens with zero attached hydrogens (tertiary/aromatic N) is 4. The number of halogens is 3. The summed E-state index contributed by atoms with van der Waals surface area (Å²) in [5, 5.41) is 4.66. The number of hydrogen-bond donors (Lipinski definition) is 1. The SMILES string of the molecule is CC(C)(C)OC(=O)N(c1cscn1)S(=O)(=O)c1cc(F)c(Oc2ccc(Cl)cc2-c2ccnc(OC(=O)N3CCNCC3)c2)cc1F. The van der Waals surface area contributed by atoms with Crippen LogP contribution in [-0.2, 0) is 14.8 Å². The molecule has 0 saturated carbocycles. The monoisotopic (exact) mass is 707 g/mol. The summed E-state index contributed by atoms with van der Waals surface area (Å²) in [6.45, 7) is 6.74. The van der Waals surface area contributed by atoms with Crippen LogP contribution in [0.1, 0.15) is 20.8 Å². The molecule has 0 radical (unpaired) electrons. The first-order valence-corrected chi connectivity index (χ1v) is 16.8. The molecule has 2 aromatic carbocycles. The van der Waals surface area contributed by atoms with Crippen LogP contribution in [0.3, 0.4) is 0 Å². The van der Waals surface area contributed by atoms with Gasteiger partial charge in [-0.05, 0) is 50.6 Å². The fourth-order valence-corrected chi connectivity index (χ4v) is 6.47. The molecule has 47 heavy (non-hydrogen) atoms. The van der Waals surface area contributed by atoms with Crippen molar-refractivity contribution in [3.63, 3.8) is 0 Å². The van der Waals surface area contributed by atoms with E-state index in [-0.39, 0.29) is 26.8 Å². The van der Waals surface area contributed by atoms with E-state index in [0.717, 1.165) is 11.3 Å². The molecule has 1 fully saturated rings. The number of thiazole rings is 1. The lowest BCUT2D eigenvalue weighted by Crippen LogP contribution is -2.47. The maximum atomic E-state index is 15.5. The van der Waals surface area contributed by atoms with E-state index in [1.54, 1.807) is 6.07 Å². The molecule has 5 rings (SSSR count). The zero-order valence-corrected chi connectivity index (χ0v) is 27.6. The molecule has 1 aliphatic rings. The van der Waals surface area contributed by atoms with Crippen molar-refractivity contribution in [1.82, 2.24) is 20.2 Å². The van der Waals surface area contributed by atoms with Crippen LogP contribution in [0.4, 0.5) is 24.2 Å². The van der Waals surface area contributed by atoms with E-state index in [1.165, 1.54) is 67.0 Å². The quantitative estimate of drug-likeness (QED) is 0.228. The Bertz CT molecular complexity index is 1900. The topological polar surface area (TPSA) is 140 Å². The van der Waals surface area contributed by atoms with Crippen LogP contribution >= 0.6 is 22.9 Å². The van der Waals surface area contributed by atoms with E-state index >= 15 is 8.78 Å². The summed E-state index contributed by atoms with van der Waals surface area (Å²) in [7, 11) is -5.06. The normalized spacial score (nSPS) is 13.6. The van der Waals surface area contributed by atoms with Gasteiger partial charge in [0, 0.05) is 66.5 Å². The van der Waals surface area contributed by atoms with Gasteiger partial charge in [0.15, 0.2) is 17.4 Å². The van der Waals surface area contributed by atoms with Gasteiger partial charge >= 0.3 is 12.2 Å². The molecule has 12 nitrogen and oxygen atoms in total. The lowest BCUT2D eigenvalue weighted by atomic mass is 10.1. The molecule has 1 N–H and O–H groups in total. The van der Waals surface area contributed by atoms with Gasteiger partial charge in [-0.15, -0.1) is 15.6 Å². The minimum absolute atomic E-state index is 0.00624. The average Bonchev–Trinajstić information content (AvgIpc) is 3.53. The average molecular weight is 708 g/mol. The van der Waals surface area contributed by atoms with Gasteiger partial charge < -0.3 is 24.4 Å². The second-order valence-electron chi connectivity index (χ2n) is 11.0. The number of benzene rings is 2. The Morgan fingerprint density at radius 1 is 1.02 bits per heavy atom. The zero-order chi connectivity index (χ0) is 33.9. The maximum absolute atomic E-state index is 15.5. The molecular weight excluding hydrogens is 680 g/mol. The number of amides is 2. The van der Waals surface area contributed by atoms with Gasteiger partial charge in [-0.25, -0.2) is 36.8 Å². The summed E-state index contributed by atoms with van der Waals surface area (Å²) in [6.07, 6.45) is -0.546. The molecular formula is C30H28ClF2N5O7S2. The number of anilines is 1. The Kier molecular flexibility index (Phi) is 9.95. The summed E-state index contributed by atoms with van der Waals surface area (Å²) in [6, 6.07) is 8.31. The number of piperazine rings is 1. The molecule has 248 valence electrons. The van der Waals surface area contributed by atoms with Crippen LogP contribution in [0.5, 0.6) is 17.4 Å². The van der Waals surface area contributed by atoms with Crippen LogP contribution in [0.2, 0.25) is 5.02 Å². The van der Waals surface area contributed by atoms with E-state index in [1.807, 2.05) is 0 Å². The Labute approximate surface area is 277 Å². The van der Waals surface area contributed by atoms with Crippen LogP contribution < -0.4 is 19.1 Å². The van der Waals surface area contributed by atoms with Crippen molar-refractivity contribution < 1.29 is 41.0 Å². The van der Waals surface area contributed by atoms with Gasteiger partial charge in [0.2, 0.25) is 5.88 Å². The van der Waals surface area contributed by atoms with E-state index in [2.05, 4.69) is 15.3 Å². The highest BCUT2D eigenvalue weighted by atomic mass is 35.5. The van der Waals surface area contributed by atoms with Gasteiger partial charge in [-0.1, -0.05) is 11.6 Å². The number of hydrogen-bond acceptors (Lipinski definition) is 11. The summed E-state index contributed by atoms with van der Waals surface area (Å²) >= 11 is 7.22. The number of sulfonamides is 1. The summed E-state index contributed by atoms with van der Waals surface area (Å²) in [5.74, 6) is -3.70. The highest BCUT2D eigenvalue weighted by Gasteiger charge is 2.38. The van der Waals surface area contributed by atoms with E-state index in [4.69, 9.17) is 25.8 Å². The number of carbonyl (C=O) groups excluding carboxylic acids is 2. The largest absolute Gasteiger partial charge is 0.454 e. The van der Waals surface area contributed by atoms with Gasteiger partial charge in [-0.3, -0.25) is 0 Å². The molecule has 1 saturated heterocycles. The van der Waals surface area contributed by atoms with Crippen molar-refractivity contribution >= 4 is 51.0 Å². The molecule has 0 unspecified atom stereocenters. The number of nitrogens with one attached hydrogen (secondary N) is 1. The van der Waals surface area contributed by atoms with Crippen molar-refractivity contribution in [2.75, 3.05) is 30.5 Å². The number of ether oxygens (including phenoxy) is 3. The minimum Gasteiger partial charge on any atom is -0.454 e. The van der Waals surface area contributed by atoms with Crippen LogP contribution in [0.15, 0.2) is 64.4 Å². The Morgan fingerprint density at radius 2 is 1.77 bits per heavy atom. The third-order valence-electron chi connectivity index (χ3n) is 6.47. The van der Waals surface area contributed by atoms with E-state index < -0.39 is 50.1 Å². The number of aromatic nitrogens is 2. The first-order chi connectivity index (χ1) is 22.2. The van der Waals surface area contributed by atoms with Gasteiger partial charge in [0.05, 0.1) is 5.51 Å². The fraction of sp³-hybridized carbons (Fsp3) is 0.267. The Hall–Kier alpha value is -4.38. The highest BCUT2D eigenvalue weighted by molar-refractivity contribution is 7.93. The molecule has 0 bridgehead atoms. The first kappa shape index (κ1) is 34.0. The van der Waals surface area contributed by atoms with Crippen molar-refractivity contribution in [2.24, 2.45) is 0 Å². The Morgan fingerprint density at radius 3 is 2.45 bits per heavy atom. The zero-order valence-electron chi connectivity index (χ0n) is 25.2. The van der Waals surface area contributed by atoms with Crippen molar-refractivity contribution in [3.05, 3.63) is 76.2 Å². The van der Waals surface area contributed by atoms with E-state index in [9.17, 15) is 18.0 Å². The molecule has 0 atom stereocenters. The molecule has 0 aliphatic carbocycles. The second kappa shape index (κ2) is 13.8. The molecule has 17 heteroatoms. The molecule has 1 aliphatic heterocycles. The third kappa shape index (κ3) is 7.96. The summed E-state index contributed by atoms with van der Waals surface area (Å²) < 4.78 is 74.7.